The van der Waals surface area contributed by atoms with Crippen molar-refractivity contribution in [3.63, 3.8) is 0 Å². The van der Waals surface area contributed by atoms with Crippen molar-refractivity contribution in [2.75, 3.05) is 26.7 Å². The number of likely N-dealkylation sites (N-methyl/N-ethyl adjacent to an activating group) is 1. The number of fused-ring (bicyclic) bond motifs is 1. The lowest BCUT2D eigenvalue weighted by atomic mass is 10.1. The molecule has 0 aromatic rings. The van der Waals surface area contributed by atoms with Gasteiger partial charge in [-0.05, 0) is 26.3 Å². The third kappa shape index (κ3) is 2.51. The summed E-state index contributed by atoms with van der Waals surface area (Å²) >= 11 is 0. The van der Waals surface area contributed by atoms with Crippen LogP contribution in [0.25, 0.3) is 0 Å². The zero-order chi connectivity index (χ0) is 13.1. The van der Waals surface area contributed by atoms with E-state index in [-0.39, 0.29) is 24.4 Å². The number of nitrogens with one attached hydrogen (secondary N) is 1. The molecule has 2 unspecified atom stereocenters. The van der Waals surface area contributed by atoms with E-state index in [1.807, 2.05) is 7.05 Å². The fraction of sp³-hybridized carbons (Fsp3) is 0.846. The number of nitrogens with zero attached hydrogens (tertiary/aromatic N) is 2. The highest BCUT2D eigenvalue weighted by molar-refractivity contribution is 5.95. The molecule has 2 aliphatic heterocycles. The Bertz CT molecular complexity index is 332. The highest BCUT2D eigenvalue weighted by Gasteiger charge is 2.42. The number of amides is 2. The van der Waals surface area contributed by atoms with E-state index in [1.54, 1.807) is 9.80 Å². The Morgan fingerprint density at radius 1 is 1.44 bits per heavy atom. The third-order valence-electron chi connectivity index (χ3n) is 3.98. The molecule has 2 atom stereocenters. The summed E-state index contributed by atoms with van der Waals surface area (Å²) in [6.45, 7) is 3.80. The van der Waals surface area contributed by atoms with Gasteiger partial charge in [-0.3, -0.25) is 9.59 Å². The van der Waals surface area contributed by atoms with Crippen LogP contribution >= 0.6 is 0 Å². The summed E-state index contributed by atoms with van der Waals surface area (Å²) in [5.41, 5.74) is 0. The van der Waals surface area contributed by atoms with Gasteiger partial charge >= 0.3 is 0 Å². The van der Waals surface area contributed by atoms with Gasteiger partial charge < -0.3 is 15.1 Å². The predicted molar refractivity (Wildman–Crippen MR) is 69.1 cm³/mol. The van der Waals surface area contributed by atoms with Crippen LogP contribution in [0.2, 0.25) is 0 Å². The average molecular weight is 253 g/mol. The fourth-order valence-corrected chi connectivity index (χ4v) is 2.96. The highest BCUT2D eigenvalue weighted by Crippen LogP contribution is 2.23. The zero-order valence-corrected chi connectivity index (χ0v) is 11.3. The first-order chi connectivity index (χ1) is 8.67. The number of hydrogen-bond donors (Lipinski definition) is 1. The highest BCUT2D eigenvalue weighted by atomic mass is 16.2. The Hall–Kier alpha value is -1.10. The molecule has 0 saturated carbocycles. The van der Waals surface area contributed by atoms with Crippen LogP contribution in [0.1, 0.15) is 32.6 Å². The number of carbonyl (C=O) groups is 2. The van der Waals surface area contributed by atoms with Crippen LogP contribution in [0.5, 0.6) is 0 Å². The first kappa shape index (κ1) is 13.3. The van der Waals surface area contributed by atoms with Crippen molar-refractivity contribution in [2.24, 2.45) is 0 Å². The van der Waals surface area contributed by atoms with Gasteiger partial charge in [-0.1, -0.05) is 13.3 Å². The number of piperazine rings is 1. The summed E-state index contributed by atoms with van der Waals surface area (Å²) in [5.74, 6) is 0.256. The van der Waals surface area contributed by atoms with E-state index < -0.39 is 0 Å². The molecule has 0 radical (unpaired) electrons. The lowest BCUT2D eigenvalue weighted by Crippen LogP contribution is -2.59. The van der Waals surface area contributed by atoms with Gasteiger partial charge in [0.25, 0.3) is 0 Å². The van der Waals surface area contributed by atoms with Gasteiger partial charge in [0.2, 0.25) is 11.8 Å². The molecule has 0 spiro atoms. The Labute approximate surface area is 108 Å². The normalized spacial score (nSPS) is 25.6. The molecule has 0 aliphatic carbocycles. The molecule has 2 fully saturated rings. The maximum absolute atomic E-state index is 12.3. The standard InChI is InChI=1S/C13H23N3O2/c1-3-5-10(14-2)8-15-9-12(17)16-7-4-6-11(16)13(15)18/h10-11,14H,3-9H2,1-2H3. The molecule has 1 N–H and O–H groups in total. The summed E-state index contributed by atoms with van der Waals surface area (Å²) in [6.07, 6.45) is 3.90. The van der Waals surface area contributed by atoms with E-state index in [0.29, 0.717) is 12.6 Å². The first-order valence-corrected chi connectivity index (χ1v) is 6.93. The summed E-state index contributed by atoms with van der Waals surface area (Å²) in [5, 5.41) is 3.23. The molecule has 2 aliphatic rings. The SMILES string of the molecule is CCCC(CN1CC(=O)N2CCCC2C1=O)NC. The Balaban J connectivity index is 2.00. The Morgan fingerprint density at radius 2 is 2.22 bits per heavy atom. The average Bonchev–Trinajstić information content (AvgIpc) is 2.84. The minimum atomic E-state index is -0.176. The summed E-state index contributed by atoms with van der Waals surface area (Å²) in [6, 6.07) is 0.116. The van der Waals surface area contributed by atoms with Crippen LogP contribution in [0, 0.1) is 0 Å². The molecule has 2 amide bonds. The molecule has 2 heterocycles. The van der Waals surface area contributed by atoms with Crippen LogP contribution < -0.4 is 5.32 Å². The van der Waals surface area contributed by atoms with E-state index >= 15 is 0 Å². The summed E-state index contributed by atoms with van der Waals surface area (Å²) < 4.78 is 0. The predicted octanol–water partition coefficient (Wildman–Crippen LogP) is 0.208. The van der Waals surface area contributed by atoms with Gasteiger partial charge in [-0.25, -0.2) is 0 Å². The van der Waals surface area contributed by atoms with E-state index in [4.69, 9.17) is 0 Å². The largest absolute Gasteiger partial charge is 0.330 e. The van der Waals surface area contributed by atoms with Gasteiger partial charge in [0.1, 0.15) is 6.04 Å². The van der Waals surface area contributed by atoms with Crippen molar-refractivity contribution in [1.82, 2.24) is 15.1 Å². The van der Waals surface area contributed by atoms with Crippen molar-refractivity contribution in [1.29, 1.82) is 0 Å². The molecule has 5 nitrogen and oxygen atoms in total. The maximum Gasteiger partial charge on any atom is 0.245 e. The molecule has 2 rings (SSSR count). The van der Waals surface area contributed by atoms with Crippen molar-refractivity contribution < 1.29 is 9.59 Å². The van der Waals surface area contributed by atoms with Crippen molar-refractivity contribution >= 4 is 11.8 Å². The maximum atomic E-state index is 12.3. The lowest BCUT2D eigenvalue weighted by Gasteiger charge is -2.37. The third-order valence-corrected chi connectivity index (χ3v) is 3.98. The van der Waals surface area contributed by atoms with E-state index in [0.717, 1.165) is 32.2 Å². The summed E-state index contributed by atoms with van der Waals surface area (Å²) in [7, 11) is 1.92. The summed E-state index contributed by atoms with van der Waals surface area (Å²) in [4.78, 5) is 27.8. The second kappa shape index (κ2) is 5.69. The molecule has 0 bridgehead atoms. The molecule has 5 heteroatoms. The zero-order valence-electron chi connectivity index (χ0n) is 11.3. The van der Waals surface area contributed by atoms with Gasteiger partial charge in [-0.2, -0.15) is 0 Å². The number of rotatable bonds is 5. The van der Waals surface area contributed by atoms with Crippen molar-refractivity contribution in [3.05, 3.63) is 0 Å². The minimum Gasteiger partial charge on any atom is -0.330 e. The van der Waals surface area contributed by atoms with Gasteiger partial charge in [0.05, 0.1) is 6.54 Å². The topological polar surface area (TPSA) is 52.7 Å². The Morgan fingerprint density at radius 3 is 2.89 bits per heavy atom. The van der Waals surface area contributed by atoms with Crippen molar-refractivity contribution in [3.8, 4) is 0 Å². The first-order valence-electron chi connectivity index (χ1n) is 6.93. The lowest BCUT2D eigenvalue weighted by molar-refractivity contribution is -0.153. The second-order valence-electron chi connectivity index (χ2n) is 5.24. The quantitative estimate of drug-likeness (QED) is 0.762. The van der Waals surface area contributed by atoms with Crippen molar-refractivity contribution in [2.45, 2.75) is 44.7 Å². The van der Waals surface area contributed by atoms with Crippen LogP contribution in [0.3, 0.4) is 0 Å². The minimum absolute atomic E-state index is 0.114. The molecule has 0 aromatic heterocycles. The number of carbonyl (C=O) groups excluding carboxylic acids is 2. The second-order valence-corrected chi connectivity index (χ2v) is 5.24. The van der Waals surface area contributed by atoms with E-state index in [9.17, 15) is 9.59 Å². The van der Waals surface area contributed by atoms with Gasteiger partial charge in [0, 0.05) is 19.1 Å². The van der Waals surface area contributed by atoms with Crippen LogP contribution in [0.4, 0.5) is 0 Å². The molecule has 102 valence electrons. The Kier molecular flexibility index (Phi) is 4.22. The van der Waals surface area contributed by atoms with Gasteiger partial charge in [-0.15, -0.1) is 0 Å². The molecule has 0 aromatic carbocycles. The smallest absolute Gasteiger partial charge is 0.245 e. The van der Waals surface area contributed by atoms with E-state index in [2.05, 4.69) is 12.2 Å². The molecular formula is C13H23N3O2. The molecule has 2 saturated heterocycles. The molecular weight excluding hydrogens is 230 g/mol. The number of hydrogen-bond acceptors (Lipinski definition) is 3. The van der Waals surface area contributed by atoms with Crippen LogP contribution in [0.15, 0.2) is 0 Å². The molecule has 18 heavy (non-hydrogen) atoms. The monoisotopic (exact) mass is 253 g/mol. The van der Waals surface area contributed by atoms with E-state index in [1.165, 1.54) is 0 Å². The fourth-order valence-electron chi connectivity index (χ4n) is 2.96. The van der Waals surface area contributed by atoms with Crippen LogP contribution in [-0.4, -0.2) is 60.4 Å². The van der Waals surface area contributed by atoms with Crippen LogP contribution in [-0.2, 0) is 9.59 Å². The van der Waals surface area contributed by atoms with Gasteiger partial charge in [0.15, 0.2) is 0 Å².